The number of rotatable bonds is 8. The molecule has 0 radical (unpaired) electrons. The minimum Gasteiger partial charge on any atom is -0.495 e. The summed E-state index contributed by atoms with van der Waals surface area (Å²) in [6, 6.07) is 18.0. The molecule has 1 unspecified atom stereocenters. The van der Waals surface area contributed by atoms with E-state index in [2.05, 4.69) is 10.3 Å². The molecule has 0 saturated heterocycles. The maximum atomic E-state index is 13.3. The number of amides is 1. The van der Waals surface area contributed by atoms with Crippen LogP contribution in [-0.2, 0) is 14.8 Å². The van der Waals surface area contributed by atoms with E-state index < -0.39 is 15.3 Å². The molecule has 0 saturated carbocycles. The van der Waals surface area contributed by atoms with Crippen LogP contribution >= 0.6 is 11.8 Å². The lowest BCUT2D eigenvalue weighted by Crippen LogP contribution is -2.22. The topological polar surface area (TPSA) is 88.6 Å². The summed E-state index contributed by atoms with van der Waals surface area (Å²) in [4.78, 5) is 17.7. The zero-order valence-electron chi connectivity index (χ0n) is 18.3. The monoisotopic (exact) mass is 471 g/mol. The Morgan fingerprint density at radius 3 is 2.41 bits per heavy atom. The van der Waals surface area contributed by atoms with E-state index in [1.54, 1.807) is 19.2 Å². The van der Waals surface area contributed by atoms with Crippen LogP contribution in [0.5, 0.6) is 5.75 Å². The van der Waals surface area contributed by atoms with Gasteiger partial charge in [-0.1, -0.05) is 48.2 Å². The van der Waals surface area contributed by atoms with Gasteiger partial charge >= 0.3 is 0 Å². The molecule has 2 aromatic carbocycles. The summed E-state index contributed by atoms with van der Waals surface area (Å²) >= 11 is 1.24. The largest absolute Gasteiger partial charge is 0.495 e. The number of methoxy groups -OCH3 is 1. The second-order valence-electron chi connectivity index (χ2n) is 7.22. The van der Waals surface area contributed by atoms with Crippen LogP contribution in [0.4, 0.5) is 5.69 Å². The normalized spacial score (nSPS) is 12.4. The van der Waals surface area contributed by atoms with Crippen molar-refractivity contribution in [3.63, 3.8) is 0 Å². The van der Waals surface area contributed by atoms with Crippen LogP contribution in [-0.4, -0.2) is 44.8 Å². The molecule has 3 rings (SSSR count). The van der Waals surface area contributed by atoms with E-state index in [0.717, 1.165) is 15.4 Å². The van der Waals surface area contributed by atoms with Crippen molar-refractivity contribution in [2.45, 2.75) is 22.1 Å². The van der Waals surface area contributed by atoms with E-state index in [-0.39, 0.29) is 10.8 Å². The summed E-state index contributed by atoms with van der Waals surface area (Å²) < 4.78 is 31.1. The van der Waals surface area contributed by atoms with Gasteiger partial charge in [0.2, 0.25) is 15.9 Å². The van der Waals surface area contributed by atoms with Crippen molar-refractivity contribution in [2.75, 3.05) is 26.5 Å². The lowest BCUT2D eigenvalue weighted by Gasteiger charge is -2.18. The molecule has 0 spiro atoms. The van der Waals surface area contributed by atoms with Gasteiger partial charge in [-0.25, -0.2) is 17.7 Å². The third-order valence-electron chi connectivity index (χ3n) is 4.68. The number of hydrogen-bond acceptors (Lipinski definition) is 6. The standard InChI is InChI=1S/C23H25N3O4S2/c1-16-10-12-20(30-4)19(14-16)25-23(27)22(17-8-6-5-7-9-17)31-21-13-11-18(15-24-21)32(28,29)26(2)3/h5-15,22H,1-4H3,(H,25,27). The number of aromatic nitrogens is 1. The average Bonchev–Trinajstić information content (AvgIpc) is 2.78. The maximum Gasteiger partial charge on any atom is 0.244 e. The van der Waals surface area contributed by atoms with Gasteiger partial charge in [-0.2, -0.15) is 0 Å². The van der Waals surface area contributed by atoms with Crippen molar-refractivity contribution < 1.29 is 17.9 Å². The van der Waals surface area contributed by atoms with Crippen molar-refractivity contribution in [1.82, 2.24) is 9.29 Å². The van der Waals surface area contributed by atoms with Gasteiger partial charge in [0.1, 0.15) is 15.9 Å². The smallest absolute Gasteiger partial charge is 0.244 e. The lowest BCUT2D eigenvalue weighted by atomic mass is 10.1. The highest BCUT2D eigenvalue weighted by Gasteiger charge is 2.24. The van der Waals surface area contributed by atoms with Crippen LogP contribution in [0.25, 0.3) is 0 Å². The predicted molar refractivity (Wildman–Crippen MR) is 127 cm³/mol. The van der Waals surface area contributed by atoms with E-state index >= 15 is 0 Å². The van der Waals surface area contributed by atoms with Crippen LogP contribution in [0.15, 0.2) is 76.8 Å². The molecule has 0 aliphatic heterocycles. The van der Waals surface area contributed by atoms with Gasteiger partial charge in [-0.15, -0.1) is 0 Å². The molecule has 3 aromatic rings. The van der Waals surface area contributed by atoms with Gasteiger partial charge in [0.05, 0.1) is 17.8 Å². The summed E-state index contributed by atoms with van der Waals surface area (Å²) in [5, 5.41) is 2.88. The van der Waals surface area contributed by atoms with Crippen LogP contribution in [0.2, 0.25) is 0 Å². The Balaban J connectivity index is 1.89. The van der Waals surface area contributed by atoms with Crippen LogP contribution in [0.3, 0.4) is 0 Å². The molecule has 1 amide bonds. The highest BCUT2D eigenvalue weighted by atomic mass is 32.2. The number of ether oxygens (including phenoxy) is 1. The molecule has 32 heavy (non-hydrogen) atoms. The average molecular weight is 472 g/mol. The molecule has 7 nitrogen and oxygen atoms in total. The van der Waals surface area contributed by atoms with Gasteiger partial charge < -0.3 is 10.1 Å². The molecule has 168 valence electrons. The Bertz CT molecular complexity index is 1180. The van der Waals surface area contributed by atoms with Gasteiger partial charge in [0, 0.05) is 20.3 Å². The Kier molecular flexibility index (Phi) is 7.55. The fourth-order valence-electron chi connectivity index (χ4n) is 2.94. The van der Waals surface area contributed by atoms with E-state index in [0.29, 0.717) is 16.5 Å². The molecular formula is C23H25N3O4S2. The van der Waals surface area contributed by atoms with Crippen LogP contribution < -0.4 is 10.1 Å². The lowest BCUT2D eigenvalue weighted by molar-refractivity contribution is -0.115. The Labute approximate surface area is 192 Å². The highest BCUT2D eigenvalue weighted by Crippen LogP contribution is 2.36. The summed E-state index contributed by atoms with van der Waals surface area (Å²) in [5.41, 5.74) is 2.37. The quantitative estimate of drug-likeness (QED) is 0.497. The minimum absolute atomic E-state index is 0.0945. The molecule has 1 aromatic heterocycles. The van der Waals surface area contributed by atoms with Crippen LogP contribution in [0, 0.1) is 6.92 Å². The fraction of sp³-hybridized carbons (Fsp3) is 0.217. The molecule has 9 heteroatoms. The SMILES string of the molecule is COc1ccc(C)cc1NC(=O)C(Sc1ccc(S(=O)(=O)N(C)C)cn1)c1ccccc1. The van der Waals surface area contributed by atoms with Crippen LogP contribution in [0.1, 0.15) is 16.4 Å². The number of carbonyl (C=O) groups excluding carboxylic acids is 1. The Morgan fingerprint density at radius 2 is 1.81 bits per heavy atom. The fourth-order valence-corrected chi connectivity index (χ4v) is 4.75. The molecule has 1 heterocycles. The number of hydrogen-bond donors (Lipinski definition) is 1. The van der Waals surface area contributed by atoms with Crippen molar-refractivity contribution >= 4 is 33.4 Å². The zero-order valence-corrected chi connectivity index (χ0v) is 19.9. The molecule has 1 atom stereocenters. The summed E-state index contributed by atoms with van der Waals surface area (Å²) in [7, 11) is 0.909. The van der Waals surface area contributed by atoms with Gasteiger partial charge in [0.25, 0.3) is 0 Å². The minimum atomic E-state index is -3.57. The third kappa shape index (κ3) is 5.48. The maximum absolute atomic E-state index is 13.3. The van der Waals surface area contributed by atoms with Crippen molar-refractivity contribution in [3.8, 4) is 5.75 Å². The summed E-state index contributed by atoms with van der Waals surface area (Å²) in [6.07, 6.45) is 1.31. The molecule has 0 aliphatic carbocycles. The van der Waals surface area contributed by atoms with Crippen molar-refractivity contribution in [1.29, 1.82) is 0 Å². The van der Waals surface area contributed by atoms with E-state index in [1.807, 2.05) is 49.4 Å². The Morgan fingerprint density at radius 1 is 1.09 bits per heavy atom. The number of pyridine rings is 1. The highest BCUT2D eigenvalue weighted by molar-refractivity contribution is 8.00. The van der Waals surface area contributed by atoms with Gasteiger partial charge in [-0.3, -0.25) is 4.79 Å². The van der Waals surface area contributed by atoms with E-state index in [9.17, 15) is 13.2 Å². The number of aryl methyl sites for hydroxylation is 1. The first-order valence-electron chi connectivity index (χ1n) is 9.78. The number of sulfonamides is 1. The van der Waals surface area contributed by atoms with Gasteiger partial charge in [-0.05, 0) is 42.3 Å². The van der Waals surface area contributed by atoms with E-state index in [4.69, 9.17) is 4.74 Å². The first-order chi connectivity index (χ1) is 15.2. The number of carbonyl (C=O) groups is 1. The van der Waals surface area contributed by atoms with Crippen molar-refractivity contribution in [2.24, 2.45) is 0 Å². The zero-order chi connectivity index (χ0) is 23.3. The number of anilines is 1. The first-order valence-corrected chi connectivity index (χ1v) is 12.1. The summed E-state index contributed by atoms with van der Waals surface area (Å²) in [6.45, 7) is 1.94. The number of thioether (sulfide) groups is 1. The van der Waals surface area contributed by atoms with Gasteiger partial charge in [0.15, 0.2) is 0 Å². The first kappa shape index (κ1) is 23.8. The number of nitrogens with zero attached hydrogens (tertiary/aromatic N) is 2. The van der Waals surface area contributed by atoms with E-state index in [1.165, 1.54) is 38.1 Å². The summed E-state index contributed by atoms with van der Waals surface area (Å²) in [5.74, 6) is 0.328. The molecule has 0 bridgehead atoms. The molecule has 0 aliphatic rings. The Hall–Kier alpha value is -2.88. The predicted octanol–water partition coefficient (Wildman–Crippen LogP) is 4.12. The third-order valence-corrected chi connectivity index (χ3v) is 7.68. The molecule has 1 N–H and O–H groups in total. The molecule has 0 fully saturated rings. The molecular weight excluding hydrogens is 446 g/mol. The second-order valence-corrected chi connectivity index (χ2v) is 10.5. The second kappa shape index (κ2) is 10.2. The number of benzene rings is 2. The van der Waals surface area contributed by atoms with Crippen molar-refractivity contribution in [3.05, 3.63) is 78.0 Å². The number of nitrogens with one attached hydrogen (secondary N) is 1.